The van der Waals surface area contributed by atoms with Crippen molar-refractivity contribution in [2.45, 2.75) is 32.8 Å². The minimum Gasteiger partial charge on any atom is -0.381 e. The predicted molar refractivity (Wildman–Crippen MR) is 141 cm³/mol. The molecule has 180 valence electrons. The van der Waals surface area contributed by atoms with E-state index in [9.17, 15) is 0 Å². The summed E-state index contributed by atoms with van der Waals surface area (Å²) in [5.74, 6) is 1.01. The van der Waals surface area contributed by atoms with Crippen molar-refractivity contribution in [3.8, 4) is 5.69 Å². The minimum absolute atomic E-state index is 0.185. The lowest BCUT2D eigenvalue weighted by molar-refractivity contribution is 0.0818. The molecule has 1 aliphatic carbocycles. The van der Waals surface area contributed by atoms with Gasteiger partial charge >= 0.3 is 0 Å². The van der Waals surface area contributed by atoms with Gasteiger partial charge in [-0.2, -0.15) is 10.2 Å². The maximum Gasteiger partial charge on any atom is 0.128 e. The molecule has 3 aromatic rings. The van der Waals surface area contributed by atoms with Crippen LogP contribution in [0.5, 0.6) is 0 Å². The number of ether oxygens (including phenoxy) is 1. The fourth-order valence-electron chi connectivity index (χ4n) is 5.80. The Morgan fingerprint density at radius 1 is 1.11 bits per heavy atom. The molecule has 1 atom stereocenters. The van der Waals surface area contributed by atoms with Crippen molar-refractivity contribution < 1.29 is 4.74 Å². The summed E-state index contributed by atoms with van der Waals surface area (Å²) in [5.41, 5.74) is 6.43. The number of anilines is 1. The lowest BCUT2D eigenvalue weighted by Crippen LogP contribution is -2.37. The molecule has 1 saturated heterocycles. The van der Waals surface area contributed by atoms with Crippen LogP contribution in [0.1, 0.15) is 31.0 Å². The number of rotatable bonds is 4. The molecule has 2 aromatic heterocycles. The van der Waals surface area contributed by atoms with Gasteiger partial charge in [0.2, 0.25) is 0 Å². The van der Waals surface area contributed by atoms with E-state index < -0.39 is 0 Å². The van der Waals surface area contributed by atoms with E-state index in [1.54, 1.807) is 7.11 Å². The summed E-state index contributed by atoms with van der Waals surface area (Å²) in [7, 11) is 3.84. The summed E-state index contributed by atoms with van der Waals surface area (Å²) >= 11 is 0. The van der Waals surface area contributed by atoms with E-state index in [1.807, 2.05) is 18.3 Å². The Morgan fingerprint density at radius 2 is 1.94 bits per heavy atom. The van der Waals surface area contributed by atoms with Gasteiger partial charge in [0.15, 0.2) is 0 Å². The van der Waals surface area contributed by atoms with E-state index in [2.05, 4.69) is 72.0 Å². The Morgan fingerprint density at radius 3 is 2.69 bits per heavy atom. The van der Waals surface area contributed by atoms with Crippen LogP contribution in [0.4, 0.5) is 5.82 Å². The third-order valence-corrected chi connectivity index (χ3v) is 7.74. The van der Waals surface area contributed by atoms with E-state index in [-0.39, 0.29) is 5.41 Å². The van der Waals surface area contributed by atoms with Crippen molar-refractivity contribution in [3.63, 3.8) is 0 Å². The normalized spacial score (nSPS) is 22.5. The second-order valence-corrected chi connectivity index (χ2v) is 10.1. The van der Waals surface area contributed by atoms with E-state index in [4.69, 9.17) is 19.9 Å². The second-order valence-electron chi connectivity index (χ2n) is 10.1. The molecular weight excluding hydrogens is 436 g/mol. The van der Waals surface area contributed by atoms with E-state index in [1.165, 1.54) is 11.1 Å². The number of aryl methyl sites for hydroxylation is 1. The molecule has 2 aliphatic heterocycles. The zero-order chi connectivity index (χ0) is 24.2. The van der Waals surface area contributed by atoms with Crippen molar-refractivity contribution in [1.82, 2.24) is 19.8 Å². The summed E-state index contributed by atoms with van der Waals surface area (Å²) in [4.78, 5) is 7.18. The Bertz CT molecular complexity index is 1360. The predicted octanol–water partition coefficient (Wildman–Crippen LogP) is 4.61. The number of methoxy groups -OCH3 is 1. The molecule has 3 aliphatic rings. The van der Waals surface area contributed by atoms with Crippen LogP contribution in [0, 0.1) is 12.3 Å². The Labute approximate surface area is 206 Å². The quantitative estimate of drug-likeness (QED) is 0.560. The molecule has 7 heteroatoms. The first-order chi connectivity index (χ1) is 17.0. The van der Waals surface area contributed by atoms with Crippen LogP contribution in [0.2, 0.25) is 0 Å². The van der Waals surface area contributed by atoms with Crippen LogP contribution in [-0.4, -0.2) is 65.4 Å². The molecule has 35 heavy (non-hydrogen) atoms. The van der Waals surface area contributed by atoms with Gasteiger partial charge in [-0.25, -0.2) is 9.67 Å². The number of hydrogen-bond donors (Lipinski definition) is 0. The molecule has 0 saturated carbocycles. The number of benzene rings is 1. The molecule has 1 unspecified atom stereocenters. The lowest BCUT2D eigenvalue weighted by atomic mass is 9.73. The minimum atomic E-state index is -0.185. The number of hydrogen-bond acceptors (Lipinski definition) is 6. The fourth-order valence-corrected chi connectivity index (χ4v) is 5.80. The molecule has 0 amide bonds. The summed E-state index contributed by atoms with van der Waals surface area (Å²) in [6.45, 7) is 7.21. The first-order valence-electron chi connectivity index (χ1n) is 12.4. The topological polar surface area (TPSA) is 58.8 Å². The fraction of sp³-hybridized carbons (Fsp3) is 0.393. The van der Waals surface area contributed by atoms with Crippen LogP contribution < -0.4 is 4.90 Å². The van der Waals surface area contributed by atoms with Crippen molar-refractivity contribution in [2.24, 2.45) is 10.5 Å². The monoisotopic (exact) mass is 468 g/mol. The highest BCUT2D eigenvalue weighted by molar-refractivity contribution is 6.12. The summed E-state index contributed by atoms with van der Waals surface area (Å²) in [5, 5.41) is 13.1. The average molecular weight is 469 g/mol. The van der Waals surface area contributed by atoms with Crippen LogP contribution in [0.3, 0.4) is 0 Å². The van der Waals surface area contributed by atoms with Crippen LogP contribution in [0.15, 0.2) is 59.9 Å². The first-order valence-corrected chi connectivity index (χ1v) is 12.4. The lowest BCUT2D eigenvalue weighted by Gasteiger charge is -2.32. The Kier molecular flexibility index (Phi) is 5.25. The highest BCUT2D eigenvalue weighted by Crippen LogP contribution is 2.45. The van der Waals surface area contributed by atoms with Crippen LogP contribution >= 0.6 is 0 Å². The van der Waals surface area contributed by atoms with Gasteiger partial charge in [0.05, 0.1) is 46.9 Å². The Hall–Kier alpha value is -3.45. The van der Waals surface area contributed by atoms with Crippen molar-refractivity contribution in [1.29, 1.82) is 0 Å². The number of aromatic nitrogens is 3. The number of para-hydroxylation sites is 1. The summed E-state index contributed by atoms with van der Waals surface area (Å²) < 4.78 is 7.58. The van der Waals surface area contributed by atoms with Gasteiger partial charge < -0.3 is 9.64 Å². The second kappa shape index (κ2) is 8.34. The van der Waals surface area contributed by atoms with Gasteiger partial charge in [-0.1, -0.05) is 30.4 Å². The molecule has 7 nitrogen and oxygen atoms in total. The highest BCUT2D eigenvalue weighted by Gasteiger charge is 2.42. The molecule has 0 bridgehead atoms. The maximum absolute atomic E-state index is 5.52. The zero-order valence-electron chi connectivity index (χ0n) is 20.9. The smallest absolute Gasteiger partial charge is 0.128 e. The van der Waals surface area contributed by atoms with Crippen LogP contribution in [-0.2, 0) is 4.74 Å². The molecule has 1 fully saturated rings. The average Bonchev–Trinajstić information content (AvgIpc) is 3.41. The zero-order valence-corrected chi connectivity index (χ0v) is 20.9. The van der Waals surface area contributed by atoms with Crippen molar-refractivity contribution in [2.75, 3.05) is 38.7 Å². The van der Waals surface area contributed by atoms with E-state index >= 15 is 0 Å². The third kappa shape index (κ3) is 3.57. The number of allylic oxidation sites excluding steroid dienone is 3. The third-order valence-electron chi connectivity index (χ3n) is 7.74. The van der Waals surface area contributed by atoms with Crippen molar-refractivity contribution in [3.05, 3.63) is 66.0 Å². The van der Waals surface area contributed by atoms with Gasteiger partial charge in [0, 0.05) is 32.6 Å². The number of piperidine rings is 1. The molecule has 0 radical (unpaired) electrons. The molecule has 1 aromatic carbocycles. The standard InChI is InChI=1S/C28H32N6O/c1-19-7-5-8-22-26(23-9-6-10-24-28(23,2)18-32(3)30-24)31-34(27(19)22)20-11-12-25(29-17-20)33-15-13-21(35-4)14-16-33/h5-12,17,21H,13-16,18H2,1-4H3. The number of hydrazone groups is 1. The van der Waals surface area contributed by atoms with Gasteiger partial charge in [0.25, 0.3) is 0 Å². The largest absolute Gasteiger partial charge is 0.381 e. The van der Waals surface area contributed by atoms with Crippen molar-refractivity contribution >= 4 is 28.0 Å². The molecule has 6 rings (SSSR count). The molecule has 0 N–H and O–H groups in total. The maximum atomic E-state index is 5.52. The molecule has 0 spiro atoms. The molecule has 4 heterocycles. The van der Waals surface area contributed by atoms with Gasteiger partial charge in [-0.15, -0.1) is 0 Å². The van der Waals surface area contributed by atoms with Crippen LogP contribution in [0.25, 0.3) is 22.2 Å². The van der Waals surface area contributed by atoms with Gasteiger partial charge in [0.1, 0.15) is 5.82 Å². The molecular formula is C28H32N6O. The summed E-state index contributed by atoms with van der Waals surface area (Å²) in [6, 6.07) is 10.7. The first kappa shape index (κ1) is 22.0. The number of nitrogens with zero attached hydrogens (tertiary/aromatic N) is 6. The number of fused-ring (bicyclic) bond motifs is 2. The SMILES string of the molecule is COC1CCN(c2ccc(-n3nc(C4=CC=CC5=NN(C)CC45C)c4cccc(C)c43)cn2)CC1. The summed E-state index contributed by atoms with van der Waals surface area (Å²) in [6.07, 6.45) is 10.8. The highest BCUT2D eigenvalue weighted by atomic mass is 16.5. The van der Waals surface area contributed by atoms with Gasteiger partial charge in [-0.05, 0) is 56.0 Å². The Balaban J connectivity index is 1.40. The van der Waals surface area contributed by atoms with Gasteiger partial charge in [-0.3, -0.25) is 5.01 Å². The van der Waals surface area contributed by atoms with E-state index in [0.29, 0.717) is 6.10 Å². The number of pyridine rings is 1. The van der Waals surface area contributed by atoms with E-state index in [0.717, 1.165) is 66.3 Å².